The van der Waals surface area contributed by atoms with E-state index in [1.807, 2.05) is 6.07 Å². The molecule has 4 heteroatoms. The van der Waals surface area contributed by atoms with E-state index < -0.39 is 0 Å². The van der Waals surface area contributed by atoms with Crippen LogP contribution in [-0.2, 0) is 6.42 Å². The Kier molecular flexibility index (Phi) is 1.80. The molecule has 10 heavy (non-hydrogen) atoms. The van der Waals surface area contributed by atoms with Gasteiger partial charge in [-0.15, -0.1) is 0 Å². The molecule has 1 aromatic rings. The van der Waals surface area contributed by atoms with Gasteiger partial charge in [0.2, 0.25) is 0 Å². The van der Waals surface area contributed by atoms with E-state index in [2.05, 4.69) is 9.97 Å². The molecular formula is C6H6N4. The van der Waals surface area contributed by atoms with Crippen molar-refractivity contribution < 1.29 is 0 Å². The summed E-state index contributed by atoms with van der Waals surface area (Å²) >= 11 is 0. The molecule has 0 radical (unpaired) electrons. The van der Waals surface area contributed by atoms with E-state index in [-0.39, 0.29) is 6.42 Å². The lowest BCUT2D eigenvalue weighted by Crippen LogP contribution is -1.94. The minimum Gasteiger partial charge on any atom is -0.384 e. The second-order valence-electron chi connectivity index (χ2n) is 1.77. The first-order valence-electron chi connectivity index (χ1n) is 2.76. The average molecular weight is 134 g/mol. The highest BCUT2D eigenvalue weighted by atomic mass is 14.9. The van der Waals surface area contributed by atoms with Crippen LogP contribution in [0, 0.1) is 11.3 Å². The number of hydrogen-bond donors (Lipinski definition) is 1. The summed E-state index contributed by atoms with van der Waals surface area (Å²) in [5, 5.41) is 8.26. The van der Waals surface area contributed by atoms with Gasteiger partial charge in [0.25, 0.3) is 0 Å². The van der Waals surface area contributed by atoms with Gasteiger partial charge in [-0.2, -0.15) is 5.26 Å². The molecule has 0 aliphatic heterocycles. The molecule has 4 nitrogen and oxygen atoms in total. The second kappa shape index (κ2) is 2.78. The number of nitrogens with zero attached hydrogens (tertiary/aromatic N) is 3. The lowest BCUT2D eigenvalue weighted by atomic mass is 10.3. The van der Waals surface area contributed by atoms with E-state index in [0.717, 1.165) is 0 Å². The van der Waals surface area contributed by atoms with Crippen LogP contribution in [0.4, 0.5) is 5.82 Å². The van der Waals surface area contributed by atoms with Gasteiger partial charge in [-0.05, 0) is 0 Å². The molecule has 0 spiro atoms. The largest absolute Gasteiger partial charge is 0.384 e. The molecule has 0 aliphatic rings. The van der Waals surface area contributed by atoms with E-state index >= 15 is 0 Å². The quantitative estimate of drug-likeness (QED) is 0.592. The van der Waals surface area contributed by atoms with Gasteiger partial charge in [0.1, 0.15) is 12.1 Å². The number of anilines is 1. The number of aromatic nitrogens is 2. The van der Waals surface area contributed by atoms with Crippen LogP contribution in [0.25, 0.3) is 0 Å². The maximum absolute atomic E-state index is 8.26. The fourth-order valence-electron chi connectivity index (χ4n) is 0.593. The van der Waals surface area contributed by atoms with Crippen molar-refractivity contribution in [1.29, 1.82) is 5.26 Å². The third-order valence-electron chi connectivity index (χ3n) is 1.01. The maximum atomic E-state index is 8.26. The molecule has 0 unspecified atom stereocenters. The molecular weight excluding hydrogens is 128 g/mol. The monoisotopic (exact) mass is 134 g/mol. The topological polar surface area (TPSA) is 75.6 Å². The number of nitrogens with two attached hydrogens (primary N) is 1. The fourth-order valence-corrected chi connectivity index (χ4v) is 0.593. The summed E-state index contributed by atoms with van der Waals surface area (Å²) in [6.07, 6.45) is 1.63. The minimum atomic E-state index is 0.284. The molecule has 2 N–H and O–H groups in total. The predicted molar refractivity (Wildman–Crippen MR) is 35.8 cm³/mol. The SMILES string of the molecule is N#CCc1cc(N)ncn1. The van der Waals surface area contributed by atoms with E-state index in [0.29, 0.717) is 11.5 Å². The zero-order valence-electron chi connectivity index (χ0n) is 5.28. The van der Waals surface area contributed by atoms with Gasteiger partial charge in [0, 0.05) is 6.07 Å². The third-order valence-corrected chi connectivity index (χ3v) is 1.01. The van der Waals surface area contributed by atoms with E-state index in [9.17, 15) is 0 Å². The highest BCUT2D eigenvalue weighted by Crippen LogP contribution is 1.98. The number of nitrogen functional groups attached to an aromatic ring is 1. The van der Waals surface area contributed by atoms with Gasteiger partial charge in [0.05, 0.1) is 18.2 Å². The maximum Gasteiger partial charge on any atom is 0.127 e. The molecule has 0 aromatic carbocycles. The van der Waals surface area contributed by atoms with Crippen LogP contribution in [0.1, 0.15) is 5.69 Å². The molecule has 1 heterocycles. The summed E-state index contributed by atoms with van der Waals surface area (Å²) in [6.45, 7) is 0. The fraction of sp³-hybridized carbons (Fsp3) is 0.167. The number of rotatable bonds is 1. The zero-order valence-corrected chi connectivity index (χ0v) is 5.28. The Morgan fingerprint density at radius 2 is 2.40 bits per heavy atom. The smallest absolute Gasteiger partial charge is 0.127 e. The predicted octanol–water partition coefficient (Wildman–Crippen LogP) is 0.125. The van der Waals surface area contributed by atoms with Crippen LogP contribution >= 0.6 is 0 Å². The molecule has 0 saturated carbocycles. The van der Waals surface area contributed by atoms with Crippen molar-refractivity contribution in [3.05, 3.63) is 18.1 Å². The second-order valence-corrected chi connectivity index (χ2v) is 1.77. The van der Waals surface area contributed by atoms with Crippen molar-refractivity contribution in [1.82, 2.24) is 9.97 Å². The molecule has 0 saturated heterocycles. The first kappa shape index (κ1) is 6.49. The van der Waals surface area contributed by atoms with Gasteiger partial charge < -0.3 is 5.73 Å². The lowest BCUT2D eigenvalue weighted by Gasteiger charge is -1.92. The summed E-state index contributed by atoms with van der Waals surface area (Å²) in [5.41, 5.74) is 5.99. The Hall–Kier alpha value is -1.63. The molecule has 0 aliphatic carbocycles. The van der Waals surface area contributed by atoms with Crippen molar-refractivity contribution in [3.63, 3.8) is 0 Å². The number of hydrogen-bond acceptors (Lipinski definition) is 4. The van der Waals surface area contributed by atoms with Crippen molar-refractivity contribution in [2.45, 2.75) is 6.42 Å². The minimum absolute atomic E-state index is 0.284. The molecule has 0 atom stereocenters. The lowest BCUT2D eigenvalue weighted by molar-refractivity contribution is 1.06. The van der Waals surface area contributed by atoms with Crippen LogP contribution in [0.3, 0.4) is 0 Å². The standard InChI is InChI=1S/C6H6N4/c7-2-1-5-3-6(8)10-4-9-5/h3-4H,1H2,(H2,8,9,10). The van der Waals surface area contributed by atoms with Gasteiger partial charge in [-0.3, -0.25) is 0 Å². The summed E-state index contributed by atoms with van der Waals surface area (Å²) in [5.74, 6) is 0.403. The van der Waals surface area contributed by atoms with Crippen molar-refractivity contribution in [2.75, 3.05) is 5.73 Å². The molecule has 1 aromatic heterocycles. The highest BCUT2D eigenvalue weighted by Gasteiger charge is 1.92. The normalized spacial score (nSPS) is 8.70. The Balaban J connectivity index is 2.87. The van der Waals surface area contributed by atoms with Crippen molar-refractivity contribution in [2.24, 2.45) is 0 Å². The van der Waals surface area contributed by atoms with Crippen LogP contribution < -0.4 is 5.73 Å². The van der Waals surface area contributed by atoms with Crippen LogP contribution in [0.5, 0.6) is 0 Å². The van der Waals surface area contributed by atoms with E-state index in [1.165, 1.54) is 6.33 Å². The van der Waals surface area contributed by atoms with E-state index in [1.54, 1.807) is 6.07 Å². The summed E-state index contributed by atoms with van der Waals surface area (Å²) in [4.78, 5) is 7.50. The third kappa shape index (κ3) is 1.42. The van der Waals surface area contributed by atoms with Gasteiger partial charge >= 0.3 is 0 Å². The van der Waals surface area contributed by atoms with E-state index in [4.69, 9.17) is 11.0 Å². The first-order chi connectivity index (χ1) is 4.83. The Morgan fingerprint density at radius 1 is 1.60 bits per heavy atom. The summed E-state index contributed by atoms with van der Waals surface area (Å²) in [7, 11) is 0. The molecule has 0 amide bonds. The van der Waals surface area contributed by atoms with Gasteiger partial charge in [0.15, 0.2) is 0 Å². The van der Waals surface area contributed by atoms with Crippen LogP contribution in [0.2, 0.25) is 0 Å². The number of nitriles is 1. The van der Waals surface area contributed by atoms with Crippen LogP contribution in [-0.4, -0.2) is 9.97 Å². The zero-order chi connectivity index (χ0) is 7.40. The molecule has 0 fully saturated rings. The van der Waals surface area contributed by atoms with Crippen LogP contribution in [0.15, 0.2) is 12.4 Å². The summed E-state index contributed by atoms with van der Waals surface area (Å²) in [6, 6.07) is 3.55. The average Bonchev–Trinajstić information content (AvgIpc) is 1.88. The Morgan fingerprint density at radius 3 is 3.00 bits per heavy atom. The molecule has 1 rings (SSSR count). The summed E-state index contributed by atoms with van der Waals surface area (Å²) < 4.78 is 0. The van der Waals surface area contributed by atoms with Crippen molar-refractivity contribution in [3.8, 4) is 6.07 Å². The van der Waals surface area contributed by atoms with Gasteiger partial charge in [-0.1, -0.05) is 0 Å². The molecule has 0 bridgehead atoms. The van der Waals surface area contributed by atoms with Gasteiger partial charge in [-0.25, -0.2) is 9.97 Å². The molecule has 50 valence electrons. The highest BCUT2D eigenvalue weighted by molar-refractivity contribution is 5.28. The first-order valence-corrected chi connectivity index (χ1v) is 2.76. The Bertz CT molecular complexity index is 263. The Labute approximate surface area is 58.3 Å². The van der Waals surface area contributed by atoms with Crippen molar-refractivity contribution >= 4 is 5.82 Å².